The second-order valence-corrected chi connectivity index (χ2v) is 9.48. The van der Waals surface area contributed by atoms with Gasteiger partial charge in [-0.05, 0) is 98.9 Å². The second kappa shape index (κ2) is 9.47. The van der Waals surface area contributed by atoms with Gasteiger partial charge < -0.3 is 20.1 Å². The molecule has 3 aromatic rings. The predicted molar refractivity (Wildman–Crippen MR) is 139 cm³/mol. The highest BCUT2D eigenvalue weighted by Crippen LogP contribution is 2.28. The number of thiocarbonyl (C=S) groups is 1. The maximum absolute atomic E-state index is 5.66. The fraction of sp³-hybridized carbons (Fsp3) is 0.370. The molecule has 166 valence electrons. The third-order valence-corrected chi connectivity index (χ3v) is 7.19. The molecule has 1 fully saturated rings. The number of aromatic amines is 1. The molecular weight excluding hydrogens is 412 g/mol. The Morgan fingerprint density at radius 1 is 1.06 bits per heavy atom. The largest absolute Gasteiger partial charge is 0.361 e. The van der Waals surface area contributed by atoms with Crippen LogP contribution in [0.25, 0.3) is 16.5 Å². The maximum Gasteiger partial charge on any atom is 0.173 e. The standard InChI is InChI=1S/C27H32N4S/c1-20-4-7-24(8-5-20)29-27(32)31-16-11-21(12-17-31)22-6-9-26-25(18-22)23(19-28-26)10-15-30-13-2-3-14-30/h4-9,11,18-19,28H,2-3,10,12-17H2,1H3,(H,29,32). The summed E-state index contributed by atoms with van der Waals surface area (Å²) in [6.45, 7) is 7.58. The molecule has 0 aliphatic carbocycles. The van der Waals surface area contributed by atoms with E-state index in [1.165, 1.54) is 65.6 Å². The lowest BCUT2D eigenvalue weighted by atomic mass is 9.97. The molecule has 0 radical (unpaired) electrons. The molecule has 0 unspecified atom stereocenters. The predicted octanol–water partition coefficient (Wildman–Crippen LogP) is 5.60. The fourth-order valence-corrected chi connectivity index (χ4v) is 5.11. The first-order valence-corrected chi connectivity index (χ1v) is 12.2. The number of nitrogens with zero attached hydrogens (tertiary/aromatic N) is 2. The van der Waals surface area contributed by atoms with E-state index in [2.05, 4.69) is 81.8 Å². The van der Waals surface area contributed by atoms with E-state index in [0.29, 0.717) is 0 Å². The van der Waals surface area contributed by atoms with E-state index >= 15 is 0 Å². The van der Waals surface area contributed by atoms with Gasteiger partial charge in [-0.25, -0.2) is 0 Å². The van der Waals surface area contributed by atoms with E-state index in [4.69, 9.17) is 12.2 Å². The van der Waals surface area contributed by atoms with Crippen LogP contribution in [0.3, 0.4) is 0 Å². The van der Waals surface area contributed by atoms with Gasteiger partial charge in [-0.2, -0.15) is 0 Å². The minimum Gasteiger partial charge on any atom is -0.361 e. The Hall–Kier alpha value is -2.63. The monoisotopic (exact) mass is 444 g/mol. The van der Waals surface area contributed by atoms with Crippen LogP contribution in [-0.4, -0.2) is 52.6 Å². The van der Waals surface area contributed by atoms with Crippen molar-refractivity contribution in [2.45, 2.75) is 32.6 Å². The summed E-state index contributed by atoms with van der Waals surface area (Å²) in [6.07, 6.45) is 9.38. The molecule has 2 aliphatic rings. The first-order chi connectivity index (χ1) is 15.7. The Morgan fingerprint density at radius 3 is 2.62 bits per heavy atom. The Morgan fingerprint density at radius 2 is 1.88 bits per heavy atom. The molecular formula is C27H32N4S. The van der Waals surface area contributed by atoms with E-state index in [1.54, 1.807) is 0 Å². The number of nitrogens with one attached hydrogen (secondary N) is 2. The number of hydrogen-bond acceptors (Lipinski definition) is 2. The number of likely N-dealkylation sites (tertiary alicyclic amines) is 1. The highest BCUT2D eigenvalue weighted by Gasteiger charge is 2.17. The van der Waals surface area contributed by atoms with Gasteiger partial charge >= 0.3 is 0 Å². The fourth-order valence-electron chi connectivity index (χ4n) is 4.82. The lowest BCUT2D eigenvalue weighted by Gasteiger charge is -2.29. The minimum atomic E-state index is 0.800. The summed E-state index contributed by atoms with van der Waals surface area (Å²) < 4.78 is 0. The van der Waals surface area contributed by atoms with Gasteiger partial charge in [-0.15, -0.1) is 0 Å². The SMILES string of the molecule is Cc1ccc(NC(=S)N2CC=C(c3ccc4[nH]cc(CCN5CCCC5)c4c3)CC2)cc1. The van der Waals surface area contributed by atoms with Crippen molar-refractivity contribution in [2.24, 2.45) is 0 Å². The molecule has 0 saturated carbocycles. The molecule has 2 aromatic carbocycles. The van der Waals surface area contributed by atoms with Crippen molar-refractivity contribution in [3.8, 4) is 0 Å². The topological polar surface area (TPSA) is 34.3 Å². The summed E-state index contributed by atoms with van der Waals surface area (Å²) in [5.74, 6) is 0. The van der Waals surface area contributed by atoms with Crippen LogP contribution < -0.4 is 5.32 Å². The first-order valence-electron chi connectivity index (χ1n) is 11.8. The van der Waals surface area contributed by atoms with Crippen molar-refractivity contribution in [3.63, 3.8) is 0 Å². The highest BCUT2D eigenvalue weighted by molar-refractivity contribution is 7.80. The highest BCUT2D eigenvalue weighted by atomic mass is 32.1. The number of aromatic nitrogens is 1. The normalized spacial score (nSPS) is 17.0. The van der Waals surface area contributed by atoms with Gasteiger partial charge in [-0.3, -0.25) is 0 Å². The summed E-state index contributed by atoms with van der Waals surface area (Å²) >= 11 is 5.66. The molecule has 0 spiro atoms. The summed E-state index contributed by atoms with van der Waals surface area (Å²) in [4.78, 5) is 8.31. The van der Waals surface area contributed by atoms with Crippen LogP contribution in [0.1, 0.15) is 36.0 Å². The van der Waals surface area contributed by atoms with Gasteiger partial charge in [0.15, 0.2) is 5.11 Å². The van der Waals surface area contributed by atoms with Crippen LogP contribution >= 0.6 is 12.2 Å². The molecule has 2 N–H and O–H groups in total. The molecule has 32 heavy (non-hydrogen) atoms. The lowest BCUT2D eigenvalue weighted by molar-refractivity contribution is 0.344. The summed E-state index contributed by atoms with van der Waals surface area (Å²) in [5, 5.41) is 5.56. The third kappa shape index (κ3) is 4.74. The second-order valence-electron chi connectivity index (χ2n) is 9.09. The number of benzene rings is 2. The number of rotatable bonds is 5. The molecule has 3 heterocycles. The van der Waals surface area contributed by atoms with Gasteiger partial charge in [0.2, 0.25) is 0 Å². The van der Waals surface area contributed by atoms with E-state index in [1.807, 2.05) is 0 Å². The number of aryl methyl sites for hydroxylation is 1. The summed E-state index contributed by atoms with van der Waals surface area (Å²) in [6, 6.07) is 15.3. The Labute approximate surface area is 196 Å². The summed E-state index contributed by atoms with van der Waals surface area (Å²) in [5.41, 5.74) is 7.76. The maximum atomic E-state index is 5.66. The molecule has 4 nitrogen and oxygen atoms in total. The number of hydrogen-bond donors (Lipinski definition) is 2. The van der Waals surface area contributed by atoms with Crippen LogP contribution in [-0.2, 0) is 6.42 Å². The Bertz CT molecular complexity index is 1120. The van der Waals surface area contributed by atoms with Gasteiger partial charge in [0.1, 0.15) is 0 Å². The zero-order valence-electron chi connectivity index (χ0n) is 18.9. The van der Waals surface area contributed by atoms with Crippen molar-refractivity contribution >= 4 is 39.5 Å². The van der Waals surface area contributed by atoms with Crippen molar-refractivity contribution in [1.82, 2.24) is 14.8 Å². The molecule has 0 atom stereocenters. The van der Waals surface area contributed by atoms with Gasteiger partial charge in [0, 0.05) is 42.4 Å². The van der Waals surface area contributed by atoms with E-state index in [0.717, 1.165) is 36.7 Å². The molecule has 2 aliphatic heterocycles. The van der Waals surface area contributed by atoms with E-state index in [9.17, 15) is 0 Å². The molecule has 0 bridgehead atoms. The van der Waals surface area contributed by atoms with Gasteiger partial charge in [0.25, 0.3) is 0 Å². The van der Waals surface area contributed by atoms with Crippen molar-refractivity contribution in [2.75, 3.05) is 38.0 Å². The smallest absolute Gasteiger partial charge is 0.173 e. The zero-order valence-corrected chi connectivity index (χ0v) is 19.7. The molecule has 0 amide bonds. The number of H-pyrrole nitrogens is 1. The van der Waals surface area contributed by atoms with Crippen LogP contribution in [0.15, 0.2) is 54.7 Å². The Kier molecular flexibility index (Phi) is 6.28. The molecule has 5 rings (SSSR count). The quantitative estimate of drug-likeness (QED) is 0.502. The lowest BCUT2D eigenvalue weighted by Crippen LogP contribution is -2.37. The van der Waals surface area contributed by atoms with Crippen LogP contribution in [0.4, 0.5) is 5.69 Å². The van der Waals surface area contributed by atoms with E-state index < -0.39 is 0 Å². The van der Waals surface area contributed by atoms with E-state index in [-0.39, 0.29) is 0 Å². The van der Waals surface area contributed by atoms with Crippen molar-refractivity contribution in [3.05, 3.63) is 71.4 Å². The van der Waals surface area contributed by atoms with Gasteiger partial charge in [0.05, 0.1) is 0 Å². The Balaban J connectivity index is 1.25. The average molecular weight is 445 g/mol. The first kappa shape index (κ1) is 21.2. The number of fused-ring (bicyclic) bond motifs is 1. The molecule has 1 saturated heterocycles. The van der Waals surface area contributed by atoms with Crippen molar-refractivity contribution < 1.29 is 0 Å². The average Bonchev–Trinajstić information content (AvgIpc) is 3.49. The molecule has 5 heteroatoms. The van der Waals surface area contributed by atoms with Crippen LogP contribution in [0.2, 0.25) is 0 Å². The zero-order chi connectivity index (χ0) is 21.9. The summed E-state index contributed by atoms with van der Waals surface area (Å²) in [7, 11) is 0. The number of anilines is 1. The third-order valence-electron chi connectivity index (χ3n) is 6.83. The minimum absolute atomic E-state index is 0.800. The molecule has 1 aromatic heterocycles. The van der Waals surface area contributed by atoms with Crippen molar-refractivity contribution in [1.29, 1.82) is 0 Å². The van der Waals surface area contributed by atoms with Crippen LogP contribution in [0, 0.1) is 6.92 Å². The van der Waals surface area contributed by atoms with Gasteiger partial charge in [-0.1, -0.05) is 29.8 Å². The van der Waals surface area contributed by atoms with Crippen LogP contribution in [0.5, 0.6) is 0 Å².